The van der Waals surface area contributed by atoms with Gasteiger partial charge in [0.25, 0.3) is 0 Å². The Morgan fingerprint density at radius 1 is 1.28 bits per heavy atom. The predicted octanol–water partition coefficient (Wildman–Crippen LogP) is 3.25. The fraction of sp³-hybridized carbons (Fsp3) is 0.214. The molecule has 1 aromatic carbocycles. The number of hydrogen-bond donors (Lipinski definition) is 0. The van der Waals surface area contributed by atoms with Gasteiger partial charge < -0.3 is 9.47 Å². The smallest absolute Gasteiger partial charge is 0.162 e. The van der Waals surface area contributed by atoms with Crippen LogP contribution in [0, 0.1) is 11.3 Å². The van der Waals surface area contributed by atoms with E-state index in [0.717, 1.165) is 6.42 Å². The summed E-state index contributed by atoms with van der Waals surface area (Å²) in [6.45, 7) is 0.596. The molecule has 1 heterocycles. The van der Waals surface area contributed by atoms with E-state index >= 15 is 0 Å². The quantitative estimate of drug-likeness (QED) is 0.827. The monoisotopic (exact) mass is 259 g/mol. The third-order valence-electron chi connectivity index (χ3n) is 2.52. The molecule has 2 aromatic rings. The van der Waals surface area contributed by atoms with Gasteiger partial charge in [0.15, 0.2) is 11.5 Å². The van der Waals surface area contributed by atoms with E-state index in [1.807, 2.05) is 0 Å². The third-order valence-corrected chi connectivity index (χ3v) is 3.25. The van der Waals surface area contributed by atoms with Crippen molar-refractivity contribution in [1.29, 1.82) is 5.26 Å². The molecule has 0 bridgehead atoms. The maximum absolute atomic E-state index is 8.80. The van der Waals surface area contributed by atoms with Crippen LogP contribution in [0.3, 0.4) is 0 Å². The van der Waals surface area contributed by atoms with Crippen LogP contribution in [0.25, 0.3) is 0 Å². The average molecular weight is 259 g/mol. The number of hydrogen-bond acceptors (Lipinski definition) is 4. The Morgan fingerprint density at radius 2 is 2.17 bits per heavy atom. The lowest BCUT2D eigenvalue weighted by molar-refractivity contribution is 0.298. The van der Waals surface area contributed by atoms with E-state index in [9.17, 15) is 0 Å². The van der Waals surface area contributed by atoms with Gasteiger partial charge in [-0.05, 0) is 34.5 Å². The Balaban J connectivity index is 1.98. The van der Waals surface area contributed by atoms with Crippen LogP contribution in [0.1, 0.15) is 11.1 Å². The first kappa shape index (κ1) is 12.5. The third kappa shape index (κ3) is 3.02. The minimum Gasteiger partial charge on any atom is -0.493 e. The van der Waals surface area contributed by atoms with Crippen molar-refractivity contribution in [3.8, 4) is 17.6 Å². The van der Waals surface area contributed by atoms with Gasteiger partial charge in [-0.15, -0.1) is 0 Å². The predicted molar refractivity (Wildman–Crippen MR) is 71.2 cm³/mol. The number of rotatable bonds is 5. The van der Waals surface area contributed by atoms with Crippen molar-refractivity contribution in [3.63, 3.8) is 0 Å². The van der Waals surface area contributed by atoms with E-state index in [1.165, 1.54) is 5.56 Å². The zero-order chi connectivity index (χ0) is 12.8. The topological polar surface area (TPSA) is 42.2 Å². The van der Waals surface area contributed by atoms with Crippen molar-refractivity contribution in [2.75, 3.05) is 13.7 Å². The maximum Gasteiger partial charge on any atom is 0.162 e. The summed E-state index contributed by atoms with van der Waals surface area (Å²) in [5.74, 6) is 1.27. The van der Waals surface area contributed by atoms with E-state index in [0.29, 0.717) is 23.7 Å². The van der Waals surface area contributed by atoms with Crippen molar-refractivity contribution in [3.05, 3.63) is 46.2 Å². The second kappa shape index (κ2) is 6.08. The molecule has 0 unspecified atom stereocenters. The molecule has 0 atom stereocenters. The molecule has 1 aromatic heterocycles. The Bertz CT molecular complexity index is 543. The van der Waals surface area contributed by atoms with Crippen LogP contribution in [0.15, 0.2) is 35.0 Å². The Morgan fingerprint density at radius 3 is 2.83 bits per heavy atom. The Hall–Kier alpha value is -1.99. The van der Waals surface area contributed by atoms with Crippen LogP contribution in [0.4, 0.5) is 0 Å². The van der Waals surface area contributed by atoms with E-state index in [2.05, 4.69) is 22.9 Å². The molecule has 0 amide bonds. The molecule has 0 fully saturated rings. The Labute approximate surface area is 110 Å². The number of thiophene rings is 1. The lowest BCUT2D eigenvalue weighted by atomic mass is 10.2. The molecule has 0 aliphatic rings. The molecule has 0 radical (unpaired) electrons. The van der Waals surface area contributed by atoms with E-state index in [1.54, 1.807) is 36.6 Å². The lowest BCUT2D eigenvalue weighted by Crippen LogP contribution is -2.02. The normalized spacial score (nSPS) is 9.78. The fourth-order valence-corrected chi connectivity index (χ4v) is 2.27. The van der Waals surface area contributed by atoms with Crippen molar-refractivity contribution >= 4 is 11.3 Å². The average Bonchev–Trinajstić information content (AvgIpc) is 2.92. The van der Waals surface area contributed by atoms with Gasteiger partial charge in [0.1, 0.15) is 0 Å². The van der Waals surface area contributed by atoms with Gasteiger partial charge in [0.05, 0.1) is 25.3 Å². The molecule has 0 saturated heterocycles. The molecule has 0 saturated carbocycles. The van der Waals surface area contributed by atoms with Gasteiger partial charge >= 0.3 is 0 Å². The van der Waals surface area contributed by atoms with Gasteiger partial charge in [-0.3, -0.25) is 0 Å². The summed E-state index contributed by atoms with van der Waals surface area (Å²) < 4.78 is 10.9. The van der Waals surface area contributed by atoms with Crippen molar-refractivity contribution < 1.29 is 9.47 Å². The fourth-order valence-electron chi connectivity index (χ4n) is 1.57. The van der Waals surface area contributed by atoms with Crippen molar-refractivity contribution in [2.45, 2.75) is 6.42 Å². The molecule has 4 heteroatoms. The molecular formula is C14H13NO2S. The van der Waals surface area contributed by atoms with E-state index in [-0.39, 0.29) is 0 Å². The summed E-state index contributed by atoms with van der Waals surface area (Å²) in [7, 11) is 1.57. The molecule has 3 nitrogen and oxygen atoms in total. The van der Waals surface area contributed by atoms with Crippen molar-refractivity contribution in [1.82, 2.24) is 0 Å². The largest absolute Gasteiger partial charge is 0.493 e. The summed E-state index contributed by atoms with van der Waals surface area (Å²) in [5.41, 5.74) is 1.84. The van der Waals surface area contributed by atoms with Crippen LogP contribution in [0.2, 0.25) is 0 Å². The summed E-state index contributed by atoms with van der Waals surface area (Å²) in [5, 5.41) is 13.0. The Kier molecular flexibility index (Phi) is 4.21. The minimum absolute atomic E-state index is 0.567. The second-order valence-corrected chi connectivity index (χ2v) is 4.49. The standard InChI is InChI=1S/C14H13NO2S/c1-16-14-8-12(9-15)2-3-13(14)17-6-4-11-5-7-18-10-11/h2-3,5,7-8,10H,4,6H2,1H3. The first-order valence-electron chi connectivity index (χ1n) is 5.55. The highest BCUT2D eigenvalue weighted by Crippen LogP contribution is 2.27. The first-order chi connectivity index (χ1) is 8.83. The lowest BCUT2D eigenvalue weighted by Gasteiger charge is -2.10. The van der Waals surface area contributed by atoms with Gasteiger partial charge in [0, 0.05) is 12.5 Å². The van der Waals surface area contributed by atoms with Crippen LogP contribution < -0.4 is 9.47 Å². The van der Waals surface area contributed by atoms with Gasteiger partial charge in [-0.1, -0.05) is 0 Å². The molecule has 0 spiro atoms. The highest BCUT2D eigenvalue weighted by molar-refractivity contribution is 7.07. The zero-order valence-corrected chi connectivity index (χ0v) is 10.9. The molecule has 2 rings (SSSR count). The van der Waals surface area contributed by atoms with Crippen molar-refractivity contribution in [2.24, 2.45) is 0 Å². The van der Waals surface area contributed by atoms with Gasteiger partial charge in [0.2, 0.25) is 0 Å². The highest BCUT2D eigenvalue weighted by Gasteiger charge is 2.05. The molecule has 0 N–H and O–H groups in total. The number of nitrogens with zero attached hydrogens (tertiary/aromatic N) is 1. The van der Waals surface area contributed by atoms with Crippen LogP contribution >= 0.6 is 11.3 Å². The van der Waals surface area contributed by atoms with Gasteiger partial charge in [-0.2, -0.15) is 16.6 Å². The molecular weight excluding hydrogens is 246 g/mol. The van der Waals surface area contributed by atoms with Gasteiger partial charge in [-0.25, -0.2) is 0 Å². The minimum atomic E-state index is 0.567. The van der Waals surface area contributed by atoms with Crippen LogP contribution in [0.5, 0.6) is 11.5 Å². The summed E-state index contributed by atoms with van der Waals surface area (Å²) in [4.78, 5) is 0. The summed E-state index contributed by atoms with van der Waals surface area (Å²) in [6, 6.07) is 9.33. The van der Waals surface area contributed by atoms with Crippen LogP contribution in [-0.2, 0) is 6.42 Å². The number of ether oxygens (including phenoxy) is 2. The first-order valence-corrected chi connectivity index (χ1v) is 6.50. The maximum atomic E-state index is 8.80. The highest BCUT2D eigenvalue weighted by atomic mass is 32.1. The van der Waals surface area contributed by atoms with Crippen LogP contribution in [-0.4, -0.2) is 13.7 Å². The number of methoxy groups -OCH3 is 1. The molecule has 92 valence electrons. The number of nitriles is 1. The molecule has 0 aliphatic heterocycles. The molecule has 0 aliphatic carbocycles. The van der Waals surface area contributed by atoms with E-state index in [4.69, 9.17) is 14.7 Å². The summed E-state index contributed by atoms with van der Waals surface area (Å²) >= 11 is 1.68. The zero-order valence-electron chi connectivity index (χ0n) is 10.1. The number of benzene rings is 1. The molecule has 18 heavy (non-hydrogen) atoms. The van der Waals surface area contributed by atoms with E-state index < -0.39 is 0 Å². The summed E-state index contributed by atoms with van der Waals surface area (Å²) in [6.07, 6.45) is 0.868. The SMILES string of the molecule is COc1cc(C#N)ccc1OCCc1ccsc1. The second-order valence-electron chi connectivity index (χ2n) is 3.71.